The number of nitrogens with zero attached hydrogens (tertiary/aromatic N) is 5. The summed E-state index contributed by atoms with van der Waals surface area (Å²) in [5, 5.41) is 27.4. The highest BCUT2D eigenvalue weighted by Gasteiger charge is 2.38. The summed E-state index contributed by atoms with van der Waals surface area (Å²) in [6.07, 6.45) is -4.08. The fraction of sp³-hybridized carbons (Fsp3) is 0.250. The number of aliphatic carboxylic acids is 1. The van der Waals surface area contributed by atoms with Gasteiger partial charge in [0.2, 0.25) is 0 Å². The summed E-state index contributed by atoms with van der Waals surface area (Å²) >= 11 is 0. The van der Waals surface area contributed by atoms with Crippen LogP contribution in [-0.4, -0.2) is 37.5 Å². The van der Waals surface area contributed by atoms with E-state index in [0.717, 1.165) is 5.56 Å². The van der Waals surface area contributed by atoms with E-state index in [1.165, 1.54) is 11.1 Å². The molecule has 0 aliphatic heterocycles. The van der Waals surface area contributed by atoms with Crippen molar-refractivity contribution in [3.05, 3.63) is 66.0 Å². The van der Waals surface area contributed by atoms with Gasteiger partial charge in [0, 0.05) is 0 Å². The van der Waals surface area contributed by atoms with Crippen molar-refractivity contribution < 1.29 is 23.1 Å². The van der Waals surface area contributed by atoms with Crippen molar-refractivity contribution in [1.82, 2.24) is 20.2 Å². The zero-order valence-corrected chi connectivity index (χ0v) is 16.2. The van der Waals surface area contributed by atoms with Crippen LogP contribution in [0.1, 0.15) is 23.9 Å². The number of rotatable bonds is 6. The first-order valence-corrected chi connectivity index (χ1v) is 9.05. The summed E-state index contributed by atoms with van der Waals surface area (Å²) in [5.41, 5.74) is 9.73. The van der Waals surface area contributed by atoms with Gasteiger partial charge in [-0.2, -0.15) is 18.4 Å². The molecule has 0 saturated carbocycles. The van der Waals surface area contributed by atoms with Crippen molar-refractivity contribution in [2.45, 2.75) is 31.6 Å². The van der Waals surface area contributed by atoms with E-state index in [1.807, 2.05) is 18.2 Å². The second-order valence-corrected chi connectivity index (χ2v) is 6.34. The fourth-order valence-electron chi connectivity index (χ4n) is 2.60. The van der Waals surface area contributed by atoms with Gasteiger partial charge >= 0.3 is 12.1 Å². The van der Waals surface area contributed by atoms with E-state index in [1.54, 1.807) is 4.68 Å². The summed E-state index contributed by atoms with van der Waals surface area (Å²) in [6.45, 7) is 0.458. The number of nitrogens with two attached hydrogens (primary N) is 1. The Morgan fingerprint density at radius 2 is 1.71 bits per heavy atom. The lowest BCUT2D eigenvalue weighted by molar-refractivity contribution is -0.192. The molecule has 1 heterocycles. The first kappa shape index (κ1) is 23.5. The Kier molecular flexibility index (Phi) is 8.22. The first-order valence-electron chi connectivity index (χ1n) is 9.05. The number of aryl methyl sites for hydroxylation is 1. The maximum atomic E-state index is 10.6. The van der Waals surface area contributed by atoms with Gasteiger partial charge in [0.25, 0.3) is 0 Å². The largest absolute Gasteiger partial charge is 0.490 e. The van der Waals surface area contributed by atoms with Gasteiger partial charge in [-0.25, -0.2) is 9.48 Å². The maximum Gasteiger partial charge on any atom is 0.490 e. The number of aromatic nitrogens is 4. The van der Waals surface area contributed by atoms with E-state index in [4.69, 9.17) is 20.9 Å². The molecule has 0 aliphatic carbocycles. The Labute approximate surface area is 175 Å². The molecule has 3 N–H and O–H groups in total. The van der Waals surface area contributed by atoms with E-state index in [9.17, 15) is 13.2 Å². The molecule has 31 heavy (non-hydrogen) atoms. The summed E-state index contributed by atoms with van der Waals surface area (Å²) in [4.78, 5) is 8.90. The van der Waals surface area contributed by atoms with Gasteiger partial charge < -0.3 is 10.8 Å². The number of carboxylic acids is 1. The zero-order valence-electron chi connectivity index (χ0n) is 16.2. The molecule has 0 spiro atoms. The van der Waals surface area contributed by atoms with Crippen LogP contribution >= 0.6 is 0 Å². The van der Waals surface area contributed by atoms with Crippen LogP contribution in [0.25, 0.3) is 11.1 Å². The third-order valence-electron chi connectivity index (χ3n) is 4.09. The van der Waals surface area contributed by atoms with Gasteiger partial charge in [-0.05, 0) is 33.5 Å². The van der Waals surface area contributed by atoms with E-state index < -0.39 is 12.1 Å². The number of carboxylic acid groups (broad SMARTS) is 1. The molecule has 0 radical (unpaired) electrons. The lowest BCUT2D eigenvalue weighted by atomic mass is 10.0. The van der Waals surface area contributed by atoms with Gasteiger partial charge in [0.15, 0.2) is 5.82 Å². The minimum Gasteiger partial charge on any atom is -0.475 e. The topological polar surface area (TPSA) is 131 Å². The minimum absolute atomic E-state index is 0.304. The molecule has 0 saturated heterocycles. The molecule has 1 aromatic heterocycles. The Bertz CT molecular complexity index is 1010. The Morgan fingerprint density at radius 1 is 1.13 bits per heavy atom. The lowest BCUT2D eigenvalue weighted by Gasteiger charge is -2.11. The van der Waals surface area contributed by atoms with E-state index in [0.29, 0.717) is 25.2 Å². The molecular formula is C20H19F3N6O2. The molecular weight excluding hydrogens is 413 g/mol. The fourth-order valence-corrected chi connectivity index (χ4v) is 2.60. The van der Waals surface area contributed by atoms with Gasteiger partial charge in [-0.3, -0.25) is 0 Å². The van der Waals surface area contributed by atoms with Crippen molar-refractivity contribution >= 4 is 5.97 Å². The van der Waals surface area contributed by atoms with Crippen LogP contribution in [0, 0.1) is 11.3 Å². The van der Waals surface area contributed by atoms with Crippen molar-refractivity contribution in [3.8, 4) is 17.2 Å². The first-order chi connectivity index (χ1) is 14.7. The number of hydrogen-bond donors (Lipinski definition) is 2. The summed E-state index contributed by atoms with van der Waals surface area (Å²) in [5.74, 6) is -2.15. The number of nitriles is 1. The van der Waals surface area contributed by atoms with Gasteiger partial charge in [-0.1, -0.05) is 54.6 Å². The van der Waals surface area contributed by atoms with Crippen LogP contribution < -0.4 is 5.73 Å². The SMILES string of the molecule is N#CCCn1nnnc1[C@@H](N)Cc1ccc(-c2ccccc2)cc1.O=C(O)C(F)(F)F. The molecule has 0 unspecified atom stereocenters. The number of carbonyl (C=O) groups is 1. The van der Waals surface area contributed by atoms with Gasteiger partial charge in [0.1, 0.15) is 0 Å². The average molecular weight is 432 g/mol. The van der Waals surface area contributed by atoms with Crippen molar-refractivity contribution in [2.75, 3.05) is 0 Å². The molecule has 8 nitrogen and oxygen atoms in total. The predicted octanol–water partition coefficient (Wildman–Crippen LogP) is 3.13. The zero-order chi connectivity index (χ0) is 22.9. The predicted molar refractivity (Wildman–Crippen MR) is 104 cm³/mol. The highest BCUT2D eigenvalue weighted by molar-refractivity contribution is 5.73. The Balaban J connectivity index is 0.000000423. The van der Waals surface area contributed by atoms with Crippen LogP contribution in [-0.2, 0) is 17.8 Å². The van der Waals surface area contributed by atoms with E-state index in [-0.39, 0.29) is 6.04 Å². The molecule has 0 aliphatic rings. The molecule has 1 atom stereocenters. The van der Waals surface area contributed by atoms with Crippen molar-refractivity contribution in [3.63, 3.8) is 0 Å². The molecule has 0 fully saturated rings. The molecule has 0 amide bonds. The molecule has 11 heteroatoms. The molecule has 2 aromatic carbocycles. The number of hydrogen-bond acceptors (Lipinski definition) is 6. The highest BCUT2D eigenvalue weighted by atomic mass is 19.4. The van der Waals surface area contributed by atoms with Crippen molar-refractivity contribution in [1.29, 1.82) is 5.26 Å². The second-order valence-electron chi connectivity index (χ2n) is 6.34. The van der Waals surface area contributed by atoms with E-state index in [2.05, 4.69) is 58.0 Å². The molecule has 162 valence electrons. The lowest BCUT2D eigenvalue weighted by Crippen LogP contribution is -2.21. The Morgan fingerprint density at radius 3 is 2.26 bits per heavy atom. The average Bonchev–Trinajstić information content (AvgIpc) is 3.22. The summed E-state index contributed by atoms with van der Waals surface area (Å²) in [6, 6.07) is 20.4. The van der Waals surface area contributed by atoms with Crippen molar-refractivity contribution in [2.24, 2.45) is 5.73 Å². The van der Waals surface area contributed by atoms with Crippen LogP contribution in [0.15, 0.2) is 54.6 Å². The number of halogens is 3. The van der Waals surface area contributed by atoms with Crippen LogP contribution in [0.2, 0.25) is 0 Å². The van der Waals surface area contributed by atoms with Gasteiger partial charge in [-0.15, -0.1) is 5.10 Å². The monoisotopic (exact) mass is 432 g/mol. The molecule has 3 rings (SSSR count). The number of benzene rings is 2. The smallest absolute Gasteiger partial charge is 0.475 e. The summed E-state index contributed by atoms with van der Waals surface area (Å²) in [7, 11) is 0. The van der Waals surface area contributed by atoms with Crippen LogP contribution in [0.3, 0.4) is 0 Å². The molecule has 3 aromatic rings. The van der Waals surface area contributed by atoms with Crippen LogP contribution in [0.5, 0.6) is 0 Å². The third-order valence-corrected chi connectivity index (χ3v) is 4.09. The Hall–Kier alpha value is -3.78. The standard InChI is InChI=1S/C18H18N6.C2HF3O2/c19-11-4-12-24-18(21-22-23-24)17(20)13-14-7-9-16(10-8-14)15-5-2-1-3-6-15;3-2(4,5)1(6)7/h1-3,5-10,17H,4,12-13,20H2;(H,6,7)/t17-;/m0./s1. The minimum atomic E-state index is -5.08. The quantitative estimate of drug-likeness (QED) is 0.612. The van der Waals surface area contributed by atoms with E-state index >= 15 is 0 Å². The second kappa shape index (κ2) is 10.8. The van der Waals surface area contributed by atoms with Crippen LogP contribution in [0.4, 0.5) is 13.2 Å². The third kappa shape index (κ3) is 7.20. The van der Waals surface area contributed by atoms with Gasteiger partial charge in [0.05, 0.1) is 25.1 Å². The number of alkyl halides is 3. The maximum absolute atomic E-state index is 10.6. The summed E-state index contributed by atoms with van der Waals surface area (Å²) < 4.78 is 33.3. The highest BCUT2D eigenvalue weighted by Crippen LogP contribution is 2.21. The normalized spacial score (nSPS) is 11.7. The molecule has 0 bridgehead atoms. The number of tetrazole rings is 1.